The van der Waals surface area contributed by atoms with Gasteiger partial charge < -0.3 is 9.30 Å². The normalized spacial score (nSPS) is 11.2. The van der Waals surface area contributed by atoms with Gasteiger partial charge in [-0.15, -0.1) is 0 Å². The first-order valence-corrected chi connectivity index (χ1v) is 9.53. The van der Waals surface area contributed by atoms with E-state index in [0.717, 1.165) is 23.4 Å². The van der Waals surface area contributed by atoms with Crippen LogP contribution in [0, 0.1) is 13.8 Å². The zero-order valence-electron chi connectivity index (χ0n) is 16.5. The molecule has 0 bridgehead atoms. The van der Waals surface area contributed by atoms with Gasteiger partial charge in [0.05, 0.1) is 23.4 Å². The number of hydrogen-bond acceptors (Lipinski definition) is 3. The molecule has 4 nitrogen and oxygen atoms in total. The highest BCUT2D eigenvalue weighted by Gasteiger charge is 2.12. The summed E-state index contributed by atoms with van der Waals surface area (Å²) >= 11 is 6.25. The van der Waals surface area contributed by atoms with Crippen molar-refractivity contribution in [2.24, 2.45) is 4.99 Å². The highest BCUT2D eigenvalue weighted by molar-refractivity contribution is 6.33. The zero-order chi connectivity index (χ0) is 20.3. The number of carbonyl (C=O) groups excluding carboxylic acids is 1. The molecule has 0 amide bonds. The first-order chi connectivity index (χ1) is 13.5. The minimum atomic E-state index is -0.414. The molecule has 0 spiro atoms. The van der Waals surface area contributed by atoms with Crippen LogP contribution in [0.15, 0.2) is 53.5 Å². The van der Waals surface area contributed by atoms with Crippen LogP contribution in [0.5, 0.6) is 0 Å². The predicted octanol–water partition coefficient (Wildman–Crippen LogP) is 5.85. The van der Waals surface area contributed by atoms with E-state index in [9.17, 15) is 4.79 Å². The number of aliphatic imine (C=N–C) groups is 1. The van der Waals surface area contributed by atoms with Gasteiger partial charge in [0.1, 0.15) is 0 Å². The third-order valence-electron chi connectivity index (χ3n) is 4.79. The number of aromatic nitrogens is 1. The summed E-state index contributed by atoms with van der Waals surface area (Å²) in [7, 11) is 1.35. The molecule has 0 saturated heterocycles. The van der Waals surface area contributed by atoms with Crippen molar-refractivity contribution < 1.29 is 9.53 Å². The van der Waals surface area contributed by atoms with Crippen LogP contribution < -0.4 is 0 Å². The summed E-state index contributed by atoms with van der Waals surface area (Å²) in [5, 5.41) is 0.481. The number of ether oxygens (including phenoxy) is 1. The lowest BCUT2D eigenvalue weighted by Crippen LogP contribution is -2.03. The fourth-order valence-electron chi connectivity index (χ4n) is 3.31. The lowest BCUT2D eigenvalue weighted by molar-refractivity contribution is 0.0601. The predicted molar refractivity (Wildman–Crippen MR) is 115 cm³/mol. The van der Waals surface area contributed by atoms with Crippen molar-refractivity contribution in [1.82, 2.24) is 4.57 Å². The maximum absolute atomic E-state index is 11.8. The van der Waals surface area contributed by atoms with Crippen molar-refractivity contribution in [3.05, 3.63) is 81.6 Å². The van der Waals surface area contributed by atoms with Crippen molar-refractivity contribution in [1.29, 1.82) is 0 Å². The molecule has 3 aromatic rings. The van der Waals surface area contributed by atoms with Crippen molar-refractivity contribution >= 4 is 29.5 Å². The zero-order valence-corrected chi connectivity index (χ0v) is 17.2. The quantitative estimate of drug-likeness (QED) is 0.402. The summed E-state index contributed by atoms with van der Waals surface area (Å²) in [6, 6.07) is 15.4. The standard InChI is InChI=1S/C23H23ClN2O2/c1-5-17-8-6-7-9-22(17)26-15(2)12-19(16(26)3)14-25-21-13-18(23(27)28-4)10-11-20(21)24/h6-14H,5H2,1-4H3. The number of aryl methyl sites for hydroxylation is 2. The fraction of sp³-hybridized carbons (Fsp3) is 0.217. The van der Waals surface area contributed by atoms with Crippen LogP contribution in [0.4, 0.5) is 5.69 Å². The van der Waals surface area contributed by atoms with Crippen LogP contribution in [0.25, 0.3) is 5.69 Å². The Kier molecular flexibility index (Phi) is 6.00. The molecule has 0 unspecified atom stereocenters. The number of halogens is 1. The van der Waals surface area contributed by atoms with Crippen molar-refractivity contribution in [3.8, 4) is 5.69 Å². The number of carbonyl (C=O) groups is 1. The SMILES string of the molecule is CCc1ccccc1-n1c(C)cc(C=Nc2cc(C(=O)OC)ccc2Cl)c1C. The fourth-order valence-corrected chi connectivity index (χ4v) is 3.48. The van der Waals surface area contributed by atoms with E-state index in [1.54, 1.807) is 24.4 Å². The van der Waals surface area contributed by atoms with E-state index in [1.165, 1.54) is 18.4 Å². The minimum Gasteiger partial charge on any atom is -0.465 e. The van der Waals surface area contributed by atoms with E-state index in [0.29, 0.717) is 16.3 Å². The van der Waals surface area contributed by atoms with Gasteiger partial charge in [0, 0.05) is 28.9 Å². The summed E-state index contributed by atoms with van der Waals surface area (Å²) < 4.78 is 7.01. The molecule has 1 heterocycles. The molecule has 28 heavy (non-hydrogen) atoms. The Balaban J connectivity index is 2.00. The van der Waals surface area contributed by atoms with E-state index in [-0.39, 0.29) is 0 Å². The maximum atomic E-state index is 11.8. The monoisotopic (exact) mass is 394 g/mol. The summed E-state index contributed by atoms with van der Waals surface area (Å²) in [6.07, 6.45) is 2.75. The molecule has 2 aromatic carbocycles. The molecule has 0 atom stereocenters. The average molecular weight is 395 g/mol. The van der Waals surface area contributed by atoms with Gasteiger partial charge in [0.25, 0.3) is 0 Å². The molecule has 0 radical (unpaired) electrons. The van der Waals surface area contributed by atoms with Crippen LogP contribution >= 0.6 is 11.6 Å². The molecule has 0 N–H and O–H groups in total. The Morgan fingerprint density at radius 1 is 1.18 bits per heavy atom. The Labute approximate surface area is 170 Å². The second-order valence-corrected chi connectivity index (χ2v) is 6.97. The van der Waals surface area contributed by atoms with Crippen LogP contribution in [0.1, 0.15) is 39.8 Å². The van der Waals surface area contributed by atoms with Gasteiger partial charge in [-0.05, 0) is 56.2 Å². The molecular formula is C23H23ClN2O2. The number of rotatable bonds is 5. The lowest BCUT2D eigenvalue weighted by Gasteiger charge is -2.13. The second-order valence-electron chi connectivity index (χ2n) is 6.56. The number of nitrogens with zero attached hydrogens (tertiary/aromatic N) is 2. The van der Waals surface area contributed by atoms with Gasteiger partial charge in [0.15, 0.2) is 0 Å². The highest BCUT2D eigenvalue weighted by atomic mass is 35.5. The van der Waals surface area contributed by atoms with E-state index >= 15 is 0 Å². The third-order valence-corrected chi connectivity index (χ3v) is 5.11. The van der Waals surface area contributed by atoms with Crippen molar-refractivity contribution in [3.63, 3.8) is 0 Å². The van der Waals surface area contributed by atoms with E-state index in [1.807, 2.05) is 0 Å². The number of esters is 1. The van der Waals surface area contributed by atoms with Gasteiger partial charge in [-0.3, -0.25) is 4.99 Å². The largest absolute Gasteiger partial charge is 0.465 e. The first-order valence-electron chi connectivity index (χ1n) is 9.15. The molecule has 0 aliphatic rings. The van der Waals surface area contributed by atoms with E-state index in [4.69, 9.17) is 16.3 Å². The second kappa shape index (κ2) is 8.44. The van der Waals surface area contributed by atoms with Crippen LogP contribution in [-0.2, 0) is 11.2 Å². The smallest absolute Gasteiger partial charge is 0.337 e. The summed E-state index contributed by atoms with van der Waals surface area (Å²) in [6.45, 7) is 6.32. The van der Waals surface area contributed by atoms with Gasteiger partial charge in [-0.2, -0.15) is 0 Å². The van der Waals surface area contributed by atoms with Gasteiger partial charge >= 0.3 is 5.97 Å². The summed E-state index contributed by atoms with van der Waals surface area (Å²) in [5.74, 6) is -0.414. The highest BCUT2D eigenvalue weighted by Crippen LogP contribution is 2.28. The third kappa shape index (κ3) is 3.87. The molecule has 0 aliphatic carbocycles. The van der Waals surface area contributed by atoms with E-state index < -0.39 is 5.97 Å². The number of methoxy groups -OCH3 is 1. The molecule has 0 fully saturated rings. The Hall–Kier alpha value is -2.85. The van der Waals surface area contributed by atoms with Crippen LogP contribution in [0.2, 0.25) is 5.02 Å². The maximum Gasteiger partial charge on any atom is 0.337 e. The summed E-state index contributed by atoms with van der Waals surface area (Å²) in [5.41, 5.74) is 6.66. The number of hydrogen-bond donors (Lipinski definition) is 0. The topological polar surface area (TPSA) is 43.6 Å². The van der Waals surface area contributed by atoms with E-state index in [2.05, 4.69) is 60.7 Å². The molecule has 3 rings (SSSR count). The summed E-state index contributed by atoms with van der Waals surface area (Å²) in [4.78, 5) is 16.3. The van der Waals surface area contributed by atoms with Crippen molar-refractivity contribution in [2.45, 2.75) is 27.2 Å². The van der Waals surface area contributed by atoms with Gasteiger partial charge in [-0.25, -0.2) is 4.79 Å². The lowest BCUT2D eigenvalue weighted by atomic mass is 10.1. The Bertz CT molecular complexity index is 1050. The van der Waals surface area contributed by atoms with Crippen LogP contribution in [0.3, 0.4) is 0 Å². The average Bonchev–Trinajstić information content (AvgIpc) is 2.99. The minimum absolute atomic E-state index is 0.414. The molecule has 1 aromatic heterocycles. The molecule has 5 heteroatoms. The molecule has 144 valence electrons. The Morgan fingerprint density at radius 3 is 2.64 bits per heavy atom. The Morgan fingerprint density at radius 2 is 1.93 bits per heavy atom. The van der Waals surface area contributed by atoms with Crippen molar-refractivity contribution in [2.75, 3.05) is 7.11 Å². The molecule has 0 aliphatic heterocycles. The molecular weight excluding hydrogens is 372 g/mol. The van der Waals surface area contributed by atoms with Crippen LogP contribution in [-0.4, -0.2) is 23.9 Å². The number of benzene rings is 2. The number of para-hydroxylation sites is 1. The molecule has 0 saturated carbocycles. The van der Waals surface area contributed by atoms with Gasteiger partial charge in [0.2, 0.25) is 0 Å². The van der Waals surface area contributed by atoms with Gasteiger partial charge in [-0.1, -0.05) is 36.7 Å². The first kappa shape index (κ1) is 19.9.